The van der Waals surface area contributed by atoms with Crippen LogP contribution in [0, 0.1) is 0 Å². The van der Waals surface area contributed by atoms with Crippen molar-refractivity contribution in [3.8, 4) is 0 Å². The van der Waals surface area contributed by atoms with E-state index in [4.69, 9.17) is 0 Å². The van der Waals surface area contributed by atoms with E-state index in [1.807, 2.05) is 0 Å². The zero-order chi connectivity index (χ0) is 21.7. The number of hydrogen-bond donors (Lipinski definition) is 1. The Bertz CT molecular complexity index is 922. The van der Waals surface area contributed by atoms with Crippen LogP contribution in [0.2, 0.25) is 0 Å². The molecule has 2 saturated carbocycles. The molecule has 1 heterocycles. The SMILES string of the molecule is O=C(NCCn1nc(C2CC2)cc1C1CC1)c1cc(C(F)(F)F)cc(C(F)(F)F)c1. The fourth-order valence-corrected chi connectivity index (χ4v) is 3.38. The Morgan fingerprint density at radius 2 is 1.50 bits per heavy atom. The summed E-state index contributed by atoms with van der Waals surface area (Å²) in [5, 5.41) is 6.97. The van der Waals surface area contributed by atoms with E-state index in [0.29, 0.717) is 30.5 Å². The van der Waals surface area contributed by atoms with Crippen molar-refractivity contribution in [3.63, 3.8) is 0 Å². The molecule has 2 aliphatic carbocycles. The van der Waals surface area contributed by atoms with Crippen molar-refractivity contribution in [2.24, 2.45) is 0 Å². The molecule has 0 bridgehead atoms. The minimum atomic E-state index is -5.00. The second kappa shape index (κ2) is 7.31. The summed E-state index contributed by atoms with van der Waals surface area (Å²) in [5.74, 6) is -0.100. The average molecular weight is 431 g/mol. The predicted octanol–water partition coefficient (Wildman–Crippen LogP) is 5.11. The fourth-order valence-electron chi connectivity index (χ4n) is 3.38. The van der Waals surface area contributed by atoms with Crippen LogP contribution in [0.1, 0.15) is 70.4 Å². The monoisotopic (exact) mass is 431 g/mol. The Kier molecular flexibility index (Phi) is 5.06. The molecule has 0 unspecified atom stereocenters. The highest BCUT2D eigenvalue weighted by molar-refractivity contribution is 5.94. The van der Waals surface area contributed by atoms with Crippen LogP contribution in [-0.4, -0.2) is 22.2 Å². The van der Waals surface area contributed by atoms with Gasteiger partial charge in [0.05, 0.1) is 23.4 Å². The molecule has 1 aromatic carbocycles. The van der Waals surface area contributed by atoms with Gasteiger partial charge in [-0.25, -0.2) is 0 Å². The Balaban J connectivity index is 1.47. The third-order valence-corrected chi connectivity index (χ3v) is 5.28. The van der Waals surface area contributed by atoms with Crippen LogP contribution in [0.3, 0.4) is 0 Å². The van der Waals surface area contributed by atoms with Gasteiger partial charge in [0.2, 0.25) is 0 Å². The Morgan fingerprint density at radius 1 is 0.933 bits per heavy atom. The lowest BCUT2D eigenvalue weighted by molar-refractivity contribution is -0.143. The van der Waals surface area contributed by atoms with Crippen LogP contribution in [0.4, 0.5) is 26.3 Å². The maximum atomic E-state index is 13.0. The van der Waals surface area contributed by atoms with E-state index < -0.39 is 35.0 Å². The van der Waals surface area contributed by atoms with E-state index >= 15 is 0 Å². The van der Waals surface area contributed by atoms with E-state index in [-0.39, 0.29) is 12.6 Å². The molecular formula is C20H19F6N3O. The normalized spacial score (nSPS) is 17.3. The van der Waals surface area contributed by atoms with E-state index in [0.717, 1.165) is 37.1 Å². The van der Waals surface area contributed by atoms with Crippen molar-refractivity contribution in [3.05, 3.63) is 52.3 Å². The number of amides is 1. The summed E-state index contributed by atoms with van der Waals surface area (Å²) in [5.41, 5.74) is -1.63. The molecule has 2 aromatic rings. The molecule has 10 heteroatoms. The lowest BCUT2D eigenvalue weighted by Crippen LogP contribution is -2.28. The highest BCUT2D eigenvalue weighted by atomic mass is 19.4. The van der Waals surface area contributed by atoms with Gasteiger partial charge >= 0.3 is 12.4 Å². The molecule has 1 N–H and O–H groups in total. The molecule has 2 aliphatic rings. The molecule has 1 aromatic heterocycles. The van der Waals surface area contributed by atoms with Gasteiger partial charge in [0.1, 0.15) is 0 Å². The van der Waals surface area contributed by atoms with Gasteiger partial charge in [-0.2, -0.15) is 31.4 Å². The number of carbonyl (C=O) groups excluding carboxylic acids is 1. The number of benzene rings is 1. The van der Waals surface area contributed by atoms with Crippen LogP contribution in [0.15, 0.2) is 24.3 Å². The van der Waals surface area contributed by atoms with E-state index in [1.54, 1.807) is 4.68 Å². The third kappa shape index (κ3) is 4.62. The first-order valence-electron chi connectivity index (χ1n) is 9.67. The van der Waals surface area contributed by atoms with Gasteiger partial charge in [0.25, 0.3) is 5.91 Å². The summed E-state index contributed by atoms with van der Waals surface area (Å²) in [7, 11) is 0. The number of carbonyl (C=O) groups is 1. The minimum Gasteiger partial charge on any atom is -0.350 e. The number of aromatic nitrogens is 2. The Labute approximate surface area is 168 Å². The summed E-state index contributed by atoms with van der Waals surface area (Å²) >= 11 is 0. The van der Waals surface area contributed by atoms with Crippen LogP contribution >= 0.6 is 0 Å². The first-order valence-corrected chi connectivity index (χ1v) is 9.67. The van der Waals surface area contributed by atoms with Crippen LogP contribution < -0.4 is 5.32 Å². The van der Waals surface area contributed by atoms with Gasteiger partial charge in [-0.1, -0.05) is 0 Å². The van der Waals surface area contributed by atoms with Gasteiger partial charge in [-0.3, -0.25) is 9.48 Å². The second-order valence-corrected chi connectivity index (χ2v) is 7.82. The lowest BCUT2D eigenvalue weighted by atomic mass is 10.0. The number of nitrogens with one attached hydrogen (secondary N) is 1. The van der Waals surface area contributed by atoms with Gasteiger partial charge in [-0.05, 0) is 49.9 Å². The molecule has 0 atom stereocenters. The molecule has 0 aliphatic heterocycles. The van der Waals surface area contributed by atoms with Gasteiger partial charge < -0.3 is 5.32 Å². The van der Waals surface area contributed by atoms with Crippen LogP contribution in [0.5, 0.6) is 0 Å². The number of halogens is 6. The molecule has 162 valence electrons. The number of nitrogens with zero attached hydrogens (tertiary/aromatic N) is 2. The summed E-state index contributed by atoms with van der Waals surface area (Å²) in [6.45, 7) is 0.345. The molecule has 0 saturated heterocycles. The smallest absolute Gasteiger partial charge is 0.350 e. The predicted molar refractivity (Wildman–Crippen MR) is 95.0 cm³/mol. The summed E-state index contributed by atoms with van der Waals surface area (Å²) < 4.78 is 79.6. The molecule has 30 heavy (non-hydrogen) atoms. The van der Waals surface area contributed by atoms with E-state index in [2.05, 4.69) is 16.5 Å². The van der Waals surface area contributed by atoms with Gasteiger partial charge in [0.15, 0.2) is 0 Å². The Morgan fingerprint density at radius 3 is 2.00 bits per heavy atom. The zero-order valence-electron chi connectivity index (χ0n) is 15.8. The zero-order valence-corrected chi connectivity index (χ0v) is 15.8. The maximum Gasteiger partial charge on any atom is 0.416 e. The highest BCUT2D eigenvalue weighted by Crippen LogP contribution is 2.44. The van der Waals surface area contributed by atoms with E-state index in [1.165, 1.54) is 0 Å². The molecule has 4 rings (SSSR count). The molecular weight excluding hydrogens is 412 g/mol. The molecule has 1 amide bonds. The van der Waals surface area contributed by atoms with Crippen molar-refractivity contribution >= 4 is 5.91 Å². The summed E-state index contributed by atoms with van der Waals surface area (Å²) in [6, 6.07) is 2.93. The maximum absolute atomic E-state index is 13.0. The van der Waals surface area contributed by atoms with Crippen LogP contribution in [-0.2, 0) is 18.9 Å². The topological polar surface area (TPSA) is 46.9 Å². The Hall–Kier alpha value is -2.52. The largest absolute Gasteiger partial charge is 0.416 e. The lowest BCUT2D eigenvalue weighted by Gasteiger charge is -2.14. The van der Waals surface area contributed by atoms with Gasteiger partial charge in [0, 0.05) is 29.6 Å². The van der Waals surface area contributed by atoms with Crippen molar-refractivity contribution in [2.45, 2.75) is 56.4 Å². The molecule has 0 radical (unpaired) electrons. The van der Waals surface area contributed by atoms with Gasteiger partial charge in [-0.15, -0.1) is 0 Å². The molecule has 0 spiro atoms. The highest BCUT2D eigenvalue weighted by Gasteiger charge is 2.37. The quantitative estimate of drug-likeness (QED) is 0.647. The first-order chi connectivity index (χ1) is 14.0. The third-order valence-electron chi connectivity index (χ3n) is 5.28. The van der Waals surface area contributed by atoms with E-state index in [9.17, 15) is 31.1 Å². The van der Waals surface area contributed by atoms with Crippen molar-refractivity contribution in [1.82, 2.24) is 15.1 Å². The first kappa shape index (κ1) is 20.7. The summed E-state index contributed by atoms with van der Waals surface area (Å²) in [4.78, 5) is 12.3. The van der Waals surface area contributed by atoms with Crippen molar-refractivity contribution in [1.29, 1.82) is 0 Å². The molecule has 4 nitrogen and oxygen atoms in total. The van der Waals surface area contributed by atoms with Crippen molar-refractivity contribution < 1.29 is 31.1 Å². The fraction of sp³-hybridized carbons (Fsp3) is 0.500. The standard InChI is InChI=1S/C20H19F6N3O/c21-19(22,23)14-7-13(8-15(9-14)20(24,25)26)18(30)27-5-6-29-17(12-3-4-12)10-16(28-29)11-1-2-11/h7-12H,1-6H2,(H,27,30). The average Bonchev–Trinajstić information content (AvgIpc) is 3.58. The number of alkyl halides is 6. The van der Waals surface area contributed by atoms with Crippen LogP contribution in [0.25, 0.3) is 0 Å². The summed E-state index contributed by atoms with van der Waals surface area (Å²) in [6.07, 6.45) is -5.68. The number of hydrogen-bond acceptors (Lipinski definition) is 2. The minimum absolute atomic E-state index is 0.00183. The molecule has 2 fully saturated rings. The van der Waals surface area contributed by atoms with Crippen molar-refractivity contribution in [2.75, 3.05) is 6.54 Å². The number of rotatable bonds is 6. The second-order valence-electron chi connectivity index (χ2n) is 7.82.